The highest BCUT2D eigenvalue weighted by Crippen LogP contribution is 2.38. The first-order valence-electron chi connectivity index (χ1n) is 5.33. The van der Waals surface area contributed by atoms with Gasteiger partial charge < -0.3 is 15.7 Å². The molecule has 2 unspecified atom stereocenters. The lowest BCUT2D eigenvalue weighted by Crippen LogP contribution is -2.32. The molecule has 1 aliphatic carbocycles. The lowest BCUT2D eigenvalue weighted by Gasteiger charge is -2.04. The summed E-state index contributed by atoms with van der Waals surface area (Å²) in [5.74, 6) is -2.26. The molecule has 90 valence electrons. The molecule has 0 aromatic carbocycles. The van der Waals surface area contributed by atoms with Crippen LogP contribution in [0.4, 0.5) is 0 Å². The van der Waals surface area contributed by atoms with Gasteiger partial charge in [0.1, 0.15) is 0 Å². The minimum Gasteiger partial charge on any atom is -0.481 e. The quantitative estimate of drug-likeness (QED) is 0.563. The summed E-state index contributed by atoms with van der Waals surface area (Å²) < 4.78 is 0. The Morgan fingerprint density at radius 1 is 1.25 bits per heavy atom. The Kier molecular flexibility index (Phi) is 4.28. The third-order valence-electron chi connectivity index (χ3n) is 2.47. The number of carboxylic acid groups (broad SMARTS) is 1. The standard InChI is InChI=1S/C10H16N2O4/c1-2-11-8(13)3-4-12-9(14)6-5-7(6)10(15)16/h6-7H,2-5H2,1H3,(H,11,13)(H,12,14)(H,15,16). The van der Waals surface area contributed by atoms with Crippen molar-refractivity contribution in [1.82, 2.24) is 10.6 Å². The van der Waals surface area contributed by atoms with Crippen molar-refractivity contribution < 1.29 is 19.5 Å². The second kappa shape index (κ2) is 5.48. The summed E-state index contributed by atoms with van der Waals surface area (Å²) >= 11 is 0. The van der Waals surface area contributed by atoms with Gasteiger partial charge in [0.05, 0.1) is 11.8 Å². The van der Waals surface area contributed by atoms with E-state index in [-0.39, 0.29) is 24.8 Å². The van der Waals surface area contributed by atoms with Gasteiger partial charge in [-0.3, -0.25) is 14.4 Å². The third kappa shape index (κ3) is 3.52. The number of nitrogens with one attached hydrogen (secondary N) is 2. The van der Waals surface area contributed by atoms with Crippen LogP contribution in [0.25, 0.3) is 0 Å². The first kappa shape index (κ1) is 12.5. The summed E-state index contributed by atoms with van der Waals surface area (Å²) in [5.41, 5.74) is 0. The molecule has 6 heteroatoms. The molecule has 1 rings (SSSR count). The molecule has 2 atom stereocenters. The number of aliphatic carboxylic acids is 1. The number of hydrogen-bond donors (Lipinski definition) is 3. The predicted molar refractivity (Wildman–Crippen MR) is 55.5 cm³/mol. The van der Waals surface area contributed by atoms with Gasteiger partial charge in [0.25, 0.3) is 0 Å². The topological polar surface area (TPSA) is 95.5 Å². The molecule has 0 spiro atoms. The fraction of sp³-hybridized carbons (Fsp3) is 0.700. The molecule has 1 fully saturated rings. The van der Waals surface area contributed by atoms with E-state index in [1.807, 2.05) is 6.92 Å². The predicted octanol–water partition coefficient (Wildman–Crippen LogP) is -0.650. The van der Waals surface area contributed by atoms with E-state index in [1.54, 1.807) is 0 Å². The zero-order chi connectivity index (χ0) is 12.1. The first-order valence-corrected chi connectivity index (χ1v) is 5.33. The molecule has 6 nitrogen and oxygen atoms in total. The summed E-state index contributed by atoms with van der Waals surface area (Å²) in [7, 11) is 0. The molecule has 1 aliphatic rings. The average Bonchev–Trinajstić information content (AvgIpc) is 2.97. The van der Waals surface area contributed by atoms with E-state index >= 15 is 0 Å². The molecule has 0 bridgehead atoms. The van der Waals surface area contributed by atoms with Crippen LogP contribution < -0.4 is 10.6 Å². The monoisotopic (exact) mass is 228 g/mol. The van der Waals surface area contributed by atoms with Gasteiger partial charge in [0.2, 0.25) is 11.8 Å². The molecule has 2 amide bonds. The fourth-order valence-corrected chi connectivity index (χ4v) is 1.47. The Bertz CT molecular complexity index is 303. The zero-order valence-electron chi connectivity index (χ0n) is 9.16. The highest BCUT2D eigenvalue weighted by Gasteiger charge is 2.48. The van der Waals surface area contributed by atoms with Crippen LogP contribution in [0.2, 0.25) is 0 Å². The number of carboxylic acids is 1. The molecule has 0 saturated heterocycles. The van der Waals surface area contributed by atoms with Crippen molar-refractivity contribution in [3.63, 3.8) is 0 Å². The largest absolute Gasteiger partial charge is 0.481 e. The van der Waals surface area contributed by atoms with Crippen LogP contribution >= 0.6 is 0 Å². The summed E-state index contributed by atoms with van der Waals surface area (Å²) in [6.45, 7) is 2.64. The number of amides is 2. The number of rotatable bonds is 6. The third-order valence-corrected chi connectivity index (χ3v) is 2.47. The SMILES string of the molecule is CCNC(=O)CCNC(=O)C1CC1C(=O)O. The Morgan fingerprint density at radius 2 is 1.94 bits per heavy atom. The van der Waals surface area contributed by atoms with Crippen molar-refractivity contribution in [2.45, 2.75) is 19.8 Å². The molecule has 0 aliphatic heterocycles. The highest BCUT2D eigenvalue weighted by atomic mass is 16.4. The first-order chi connectivity index (χ1) is 7.56. The lowest BCUT2D eigenvalue weighted by molar-refractivity contribution is -0.140. The molecule has 1 saturated carbocycles. The summed E-state index contributed by atoms with van der Waals surface area (Å²) in [6.07, 6.45) is 0.631. The van der Waals surface area contributed by atoms with Crippen LogP contribution in [-0.4, -0.2) is 36.0 Å². The van der Waals surface area contributed by atoms with E-state index < -0.39 is 17.8 Å². The van der Waals surface area contributed by atoms with E-state index in [4.69, 9.17) is 5.11 Å². The van der Waals surface area contributed by atoms with Crippen LogP contribution in [0, 0.1) is 11.8 Å². The average molecular weight is 228 g/mol. The van der Waals surface area contributed by atoms with Gasteiger partial charge >= 0.3 is 5.97 Å². The summed E-state index contributed by atoms with van der Waals surface area (Å²) in [4.78, 5) is 32.9. The second-order valence-corrected chi connectivity index (χ2v) is 3.78. The molecular formula is C10H16N2O4. The zero-order valence-corrected chi connectivity index (χ0v) is 9.16. The number of carbonyl (C=O) groups excluding carboxylic acids is 2. The minimum absolute atomic E-state index is 0.117. The molecule has 0 aromatic heterocycles. The van der Waals surface area contributed by atoms with Crippen molar-refractivity contribution >= 4 is 17.8 Å². The molecule has 3 N–H and O–H groups in total. The van der Waals surface area contributed by atoms with Gasteiger partial charge in [-0.15, -0.1) is 0 Å². The minimum atomic E-state index is -0.927. The summed E-state index contributed by atoms with van der Waals surface area (Å²) in [5, 5.41) is 13.8. The van der Waals surface area contributed by atoms with Crippen molar-refractivity contribution in [1.29, 1.82) is 0 Å². The van der Waals surface area contributed by atoms with Crippen LogP contribution in [-0.2, 0) is 14.4 Å². The fourth-order valence-electron chi connectivity index (χ4n) is 1.47. The van der Waals surface area contributed by atoms with Crippen LogP contribution in [0.5, 0.6) is 0 Å². The molecule has 0 radical (unpaired) electrons. The Morgan fingerprint density at radius 3 is 2.44 bits per heavy atom. The maximum atomic E-state index is 11.4. The maximum Gasteiger partial charge on any atom is 0.307 e. The van der Waals surface area contributed by atoms with Gasteiger partial charge in [-0.25, -0.2) is 0 Å². The van der Waals surface area contributed by atoms with Crippen LogP contribution in [0.3, 0.4) is 0 Å². The molecule has 0 aromatic rings. The van der Waals surface area contributed by atoms with Gasteiger partial charge in [-0.2, -0.15) is 0 Å². The van der Waals surface area contributed by atoms with Gasteiger partial charge in [0.15, 0.2) is 0 Å². The van der Waals surface area contributed by atoms with E-state index in [0.717, 1.165) is 0 Å². The van der Waals surface area contributed by atoms with Crippen molar-refractivity contribution in [3.05, 3.63) is 0 Å². The normalized spacial score (nSPS) is 22.3. The smallest absolute Gasteiger partial charge is 0.307 e. The van der Waals surface area contributed by atoms with E-state index in [9.17, 15) is 14.4 Å². The summed E-state index contributed by atoms with van der Waals surface area (Å²) in [6, 6.07) is 0. The second-order valence-electron chi connectivity index (χ2n) is 3.78. The van der Waals surface area contributed by atoms with Gasteiger partial charge in [-0.1, -0.05) is 0 Å². The van der Waals surface area contributed by atoms with Crippen molar-refractivity contribution in [2.75, 3.05) is 13.1 Å². The van der Waals surface area contributed by atoms with E-state index in [2.05, 4.69) is 10.6 Å². The van der Waals surface area contributed by atoms with Crippen molar-refractivity contribution in [2.24, 2.45) is 11.8 Å². The van der Waals surface area contributed by atoms with Crippen LogP contribution in [0.15, 0.2) is 0 Å². The maximum absolute atomic E-state index is 11.4. The Balaban J connectivity index is 2.13. The Hall–Kier alpha value is -1.59. The van der Waals surface area contributed by atoms with E-state index in [0.29, 0.717) is 13.0 Å². The van der Waals surface area contributed by atoms with Crippen molar-refractivity contribution in [3.8, 4) is 0 Å². The molecule has 0 heterocycles. The molecular weight excluding hydrogens is 212 g/mol. The van der Waals surface area contributed by atoms with E-state index in [1.165, 1.54) is 0 Å². The van der Waals surface area contributed by atoms with Gasteiger partial charge in [0, 0.05) is 19.5 Å². The lowest BCUT2D eigenvalue weighted by atomic mass is 10.3. The Labute approximate surface area is 93.4 Å². The van der Waals surface area contributed by atoms with Crippen LogP contribution in [0.1, 0.15) is 19.8 Å². The molecule has 16 heavy (non-hydrogen) atoms. The number of hydrogen-bond acceptors (Lipinski definition) is 3. The van der Waals surface area contributed by atoms with Gasteiger partial charge in [-0.05, 0) is 13.3 Å². The number of carbonyl (C=O) groups is 3. The highest BCUT2D eigenvalue weighted by molar-refractivity contribution is 5.89.